The van der Waals surface area contributed by atoms with E-state index in [-0.39, 0.29) is 5.91 Å². The Labute approximate surface area is 136 Å². The smallest absolute Gasteiger partial charge is 0.233 e. The molecule has 3 rings (SSSR count). The van der Waals surface area contributed by atoms with Gasteiger partial charge in [0.1, 0.15) is 0 Å². The van der Waals surface area contributed by atoms with Gasteiger partial charge in [0.25, 0.3) is 0 Å². The molecule has 0 radical (unpaired) electrons. The molecular weight excluding hydrogens is 300 g/mol. The first-order chi connectivity index (χ1) is 10.7. The standard InChI is InChI=1S/C17H23ClN2O2/c18-15-4-2-1-3-14(15)17(6-9-22-10-7-17)16(21)20-8-5-13(11-19)12-20/h1-4,13H,5-12,19H2/t13-/m1/s1. The maximum atomic E-state index is 13.3. The predicted molar refractivity (Wildman–Crippen MR) is 86.9 cm³/mol. The zero-order valence-corrected chi connectivity index (χ0v) is 13.5. The molecule has 2 N–H and O–H groups in total. The number of carbonyl (C=O) groups excluding carboxylic acids is 1. The van der Waals surface area contributed by atoms with Crippen LogP contribution in [0.5, 0.6) is 0 Å². The maximum absolute atomic E-state index is 13.3. The van der Waals surface area contributed by atoms with Gasteiger partial charge in [-0.15, -0.1) is 0 Å². The van der Waals surface area contributed by atoms with E-state index >= 15 is 0 Å². The SMILES string of the molecule is NC[C@H]1CCN(C(=O)C2(c3ccccc3Cl)CCOCC2)C1. The van der Waals surface area contributed by atoms with Crippen LogP contribution in [0.2, 0.25) is 5.02 Å². The second kappa shape index (κ2) is 6.57. The Kier molecular flexibility index (Phi) is 4.71. The van der Waals surface area contributed by atoms with Crippen LogP contribution in [0.3, 0.4) is 0 Å². The van der Waals surface area contributed by atoms with Crippen molar-refractivity contribution < 1.29 is 9.53 Å². The average Bonchev–Trinajstić information content (AvgIpc) is 3.04. The third-order valence-corrected chi connectivity index (χ3v) is 5.38. The Hall–Kier alpha value is -1.10. The number of benzene rings is 1. The van der Waals surface area contributed by atoms with Crippen molar-refractivity contribution in [3.8, 4) is 0 Å². The first-order valence-electron chi connectivity index (χ1n) is 7.99. The quantitative estimate of drug-likeness (QED) is 0.928. The van der Waals surface area contributed by atoms with Gasteiger partial charge in [-0.3, -0.25) is 4.79 Å². The topological polar surface area (TPSA) is 55.6 Å². The fraction of sp³-hybridized carbons (Fsp3) is 0.588. The van der Waals surface area contributed by atoms with Crippen molar-refractivity contribution in [1.82, 2.24) is 4.90 Å². The number of halogens is 1. The summed E-state index contributed by atoms with van der Waals surface area (Å²) < 4.78 is 5.51. The summed E-state index contributed by atoms with van der Waals surface area (Å²) in [6, 6.07) is 7.72. The number of likely N-dealkylation sites (tertiary alicyclic amines) is 1. The van der Waals surface area contributed by atoms with Gasteiger partial charge in [0.15, 0.2) is 0 Å². The third-order valence-electron chi connectivity index (χ3n) is 5.05. The van der Waals surface area contributed by atoms with Crippen LogP contribution in [-0.2, 0) is 14.9 Å². The van der Waals surface area contributed by atoms with Crippen LogP contribution in [0.4, 0.5) is 0 Å². The molecule has 2 aliphatic rings. The minimum Gasteiger partial charge on any atom is -0.381 e. The number of carbonyl (C=O) groups is 1. The van der Waals surface area contributed by atoms with Crippen LogP contribution < -0.4 is 5.73 Å². The normalized spacial score (nSPS) is 24.5. The highest BCUT2D eigenvalue weighted by Crippen LogP contribution is 2.41. The first-order valence-corrected chi connectivity index (χ1v) is 8.37. The average molecular weight is 323 g/mol. The molecule has 0 saturated carbocycles. The van der Waals surface area contributed by atoms with Crippen LogP contribution in [0.15, 0.2) is 24.3 Å². The summed E-state index contributed by atoms with van der Waals surface area (Å²) in [6.45, 7) is 3.42. The number of rotatable bonds is 3. The Bertz CT molecular complexity index is 543. The lowest BCUT2D eigenvalue weighted by molar-refractivity contribution is -0.140. The second-order valence-electron chi connectivity index (χ2n) is 6.32. The molecule has 5 heteroatoms. The van der Waals surface area contributed by atoms with Gasteiger partial charge in [0, 0.05) is 31.3 Å². The van der Waals surface area contributed by atoms with Crippen LogP contribution in [0.1, 0.15) is 24.8 Å². The van der Waals surface area contributed by atoms with E-state index in [1.807, 2.05) is 29.2 Å². The molecule has 22 heavy (non-hydrogen) atoms. The molecular formula is C17H23ClN2O2. The summed E-state index contributed by atoms with van der Waals surface area (Å²) in [6.07, 6.45) is 2.38. The van der Waals surface area contributed by atoms with E-state index in [2.05, 4.69) is 0 Å². The minimum atomic E-state index is -0.542. The van der Waals surface area contributed by atoms with Crippen molar-refractivity contribution in [3.63, 3.8) is 0 Å². The first kappa shape index (κ1) is 15.8. The Morgan fingerprint density at radius 3 is 2.73 bits per heavy atom. The minimum absolute atomic E-state index is 0.194. The van der Waals surface area contributed by atoms with Crippen molar-refractivity contribution in [2.24, 2.45) is 11.7 Å². The number of nitrogens with two attached hydrogens (primary N) is 1. The summed E-state index contributed by atoms with van der Waals surface area (Å²) in [4.78, 5) is 15.3. The second-order valence-corrected chi connectivity index (χ2v) is 6.72. The van der Waals surface area contributed by atoms with E-state index in [0.717, 1.165) is 25.1 Å². The van der Waals surface area contributed by atoms with Crippen molar-refractivity contribution in [3.05, 3.63) is 34.9 Å². The van der Waals surface area contributed by atoms with Gasteiger partial charge in [-0.25, -0.2) is 0 Å². The summed E-state index contributed by atoms with van der Waals surface area (Å²) in [5.41, 5.74) is 6.17. The van der Waals surface area contributed by atoms with Crippen LogP contribution in [-0.4, -0.2) is 43.7 Å². The van der Waals surface area contributed by atoms with E-state index in [1.165, 1.54) is 0 Å². The zero-order valence-electron chi connectivity index (χ0n) is 12.8. The highest BCUT2D eigenvalue weighted by Gasteiger charge is 2.46. The molecule has 120 valence electrons. The largest absolute Gasteiger partial charge is 0.381 e. The van der Waals surface area contributed by atoms with E-state index in [1.54, 1.807) is 0 Å². The number of hydrogen-bond acceptors (Lipinski definition) is 3. The van der Waals surface area contributed by atoms with Crippen LogP contribution in [0.25, 0.3) is 0 Å². The molecule has 2 heterocycles. The fourth-order valence-corrected chi connectivity index (χ4v) is 4.00. The zero-order chi connectivity index (χ0) is 15.6. The molecule has 0 spiro atoms. The molecule has 1 amide bonds. The van der Waals surface area contributed by atoms with Gasteiger partial charge < -0.3 is 15.4 Å². The number of ether oxygens (including phenoxy) is 1. The number of amides is 1. The Morgan fingerprint density at radius 2 is 2.09 bits per heavy atom. The van der Waals surface area contributed by atoms with Gasteiger partial charge in [-0.2, -0.15) is 0 Å². The highest BCUT2D eigenvalue weighted by atomic mass is 35.5. The maximum Gasteiger partial charge on any atom is 0.233 e. The molecule has 4 nitrogen and oxygen atoms in total. The molecule has 1 atom stereocenters. The van der Waals surface area contributed by atoms with Gasteiger partial charge in [0.2, 0.25) is 5.91 Å². The summed E-state index contributed by atoms with van der Waals surface area (Å²) in [7, 11) is 0. The molecule has 0 aromatic heterocycles. The lowest BCUT2D eigenvalue weighted by Crippen LogP contribution is -2.49. The van der Waals surface area contributed by atoms with Crippen LogP contribution in [0, 0.1) is 5.92 Å². The van der Waals surface area contributed by atoms with Crippen molar-refractivity contribution in [2.45, 2.75) is 24.7 Å². The Balaban J connectivity index is 1.93. The lowest BCUT2D eigenvalue weighted by Gasteiger charge is -2.39. The van der Waals surface area contributed by atoms with E-state index in [9.17, 15) is 4.79 Å². The molecule has 0 unspecified atom stereocenters. The summed E-state index contributed by atoms with van der Waals surface area (Å²) >= 11 is 6.42. The van der Waals surface area contributed by atoms with Crippen molar-refractivity contribution in [1.29, 1.82) is 0 Å². The monoisotopic (exact) mass is 322 g/mol. The van der Waals surface area contributed by atoms with E-state index in [4.69, 9.17) is 22.1 Å². The van der Waals surface area contributed by atoms with Gasteiger partial charge in [-0.1, -0.05) is 29.8 Å². The molecule has 2 aliphatic heterocycles. The molecule has 2 saturated heterocycles. The van der Waals surface area contributed by atoms with Gasteiger partial charge in [0.05, 0.1) is 5.41 Å². The summed E-state index contributed by atoms with van der Waals surface area (Å²) in [5.74, 6) is 0.618. The van der Waals surface area contributed by atoms with Crippen molar-refractivity contribution in [2.75, 3.05) is 32.8 Å². The van der Waals surface area contributed by atoms with E-state index in [0.29, 0.717) is 43.5 Å². The lowest BCUT2D eigenvalue weighted by atomic mass is 9.73. The summed E-state index contributed by atoms with van der Waals surface area (Å²) in [5, 5.41) is 0.673. The third kappa shape index (κ3) is 2.75. The molecule has 0 bridgehead atoms. The van der Waals surface area contributed by atoms with Crippen molar-refractivity contribution >= 4 is 17.5 Å². The highest BCUT2D eigenvalue weighted by molar-refractivity contribution is 6.31. The fourth-order valence-electron chi connectivity index (χ4n) is 3.68. The van der Waals surface area contributed by atoms with Gasteiger partial charge >= 0.3 is 0 Å². The molecule has 2 fully saturated rings. The molecule has 1 aromatic rings. The molecule has 1 aromatic carbocycles. The van der Waals surface area contributed by atoms with E-state index < -0.39 is 5.41 Å². The number of nitrogens with zero attached hydrogens (tertiary/aromatic N) is 1. The van der Waals surface area contributed by atoms with Crippen LogP contribution >= 0.6 is 11.6 Å². The van der Waals surface area contributed by atoms with Gasteiger partial charge in [-0.05, 0) is 43.4 Å². The predicted octanol–water partition coefficient (Wildman–Crippen LogP) is 2.20. The number of hydrogen-bond donors (Lipinski definition) is 1. The molecule has 0 aliphatic carbocycles. The Morgan fingerprint density at radius 1 is 1.36 bits per heavy atom.